The molecule has 8 heteroatoms. The first-order valence-electron chi connectivity index (χ1n) is 14.7. The summed E-state index contributed by atoms with van der Waals surface area (Å²) in [6, 6.07) is 7.41. The number of carbonyl (C=O) groups is 2. The van der Waals surface area contributed by atoms with Gasteiger partial charge >= 0.3 is 0 Å². The normalized spacial score (nSPS) is 16.9. The van der Waals surface area contributed by atoms with Gasteiger partial charge in [0, 0.05) is 12.8 Å². The number of phenolic OH excluding ortho intramolecular Hbond substituents is 2. The van der Waals surface area contributed by atoms with Crippen LogP contribution in [-0.4, -0.2) is 50.2 Å². The van der Waals surface area contributed by atoms with E-state index in [-0.39, 0.29) is 45.4 Å². The third kappa shape index (κ3) is 4.33. The van der Waals surface area contributed by atoms with Crippen LogP contribution >= 0.6 is 0 Å². The minimum Gasteiger partial charge on any atom is -0.506 e. The maximum Gasteiger partial charge on any atom is 0.167 e. The molecule has 4 aromatic carbocycles. The molecule has 4 aromatic rings. The zero-order valence-corrected chi connectivity index (χ0v) is 26.5. The number of fused-ring (bicyclic) bond motifs is 4. The highest BCUT2D eigenvalue weighted by Gasteiger charge is 2.37. The van der Waals surface area contributed by atoms with Gasteiger partial charge in [0.2, 0.25) is 0 Å². The summed E-state index contributed by atoms with van der Waals surface area (Å²) in [5.74, 6) is 0.761. The highest BCUT2D eigenvalue weighted by Crippen LogP contribution is 2.57. The monoisotopic (exact) mass is 598 g/mol. The lowest BCUT2D eigenvalue weighted by Crippen LogP contribution is -2.27. The number of hydrogen-bond acceptors (Lipinski definition) is 8. The van der Waals surface area contributed by atoms with Gasteiger partial charge in [-0.2, -0.15) is 0 Å². The number of carbonyl (C=O) groups excluding carboxylic acids is 2. The fourth-order valence-electron chi connectivity index (χ4n) is 7.40. The summed E-state index contributed by atoms with van der Waals surface area (Å²) in [7, 11) is 6.03. The zero-order chi connectivity index (χ0) is 31.9. The zero-order valence-electron chi connectivity index (χ0n) is 26.5. The molecule has 8 nitrogen and oxygen atoms in total. The molecule has 0 fully saturated rings. The number of ether oxygens (including phenoxy) is 4. The van der Waals surface area contributed by atoms with Crippen molar-refractivity contribution in [3.05, 3.63) is 46.5 Å². The Kier molecular flexibility index (Phi) is 6.76. The topological polar surface area (TPSA) is 112 Å². The van der Waals surface area contributed by atoms with Crippen LogP contribution in [0.4, 0.5) is 0 Å². The molecule has 0 spiro atoms. The molecular weight excluding hydrogens is 560 g/mol. The van der Waals surface area contributed by atoms with Crippen LogP contribution in [0.2, 0.25) is 0 Å². The van der Waals surface area contributed by atoms with Crippen molar-refractivity contribution in [1.82, 2.24) is 0 Å². The van der Waals surface area contributed by atoms with Gasteiger partial charge in [0.05, 0.1) is 61.5 Å². The number of phenols is 2. The largest absolute Gasteiger partial charge is 0.506 e. The van der Waals surface area contributed by atoms with Crippen LogP contribution in [0.1, 0.15) is 72.4 Å². The van der Waals surface area contributed by atoms with Gasteiger partial charge in [0.1, 0.15) is 34.5 Å². The van der Waals surface area contributed by atoms with Gasteiger partial charge in [0.15, 0.2) is 11.6 Å². The summed E-state index contributed by atoms with van der Waals surface area (Å²) in [5, 5.41) is 25.3. The maximum atomic E-state index is 13.3. The standard InChI is InChI=1S/C36H38O8/c1-35(2)13-19-9-17-11-23(41-5)29(33(43-7)27(17)31(39)25(19)21(37)15-35)30-24(42-6)12-18-10-20-14-36(3,4)16-22(38)26(20)32(40)28(18)34(30)44-8/h9-12,39-40H,13-16H2,1-8H3. The first-order chi connectivity index (χ1) is 20.8. The van der Waals surface area contributed by atoms with E-state index in [1.165, 1.54) is 28.4 Å². The Labute approximate surface area is 256 Å². The van der Waals surface area contributed by atoms with Crippen LogP contribution in [0.3, 0.4) is 0 Å². The maximum absolute atomic E-state index is 13.3. The Balaban J connectivity index is 1.73. The molecular formula is C36H38O8. The molecule has 0 aromatic heterocycles. The van der Waals surface area contributed by atoms with E-state index in [0.717, 1.165) is 11.1 Å². The SMILES string of the molecule is COc1cc2cc3c(c(O)c2c(OC)c1-c1c(OC)cc2cc4c(c(O)c2c1OC)C(=O)CC(C)(C)C4)C(=O)CC(C)(C)C3. The lowest BCUT2D eigenvalue weighted by Gasteiger charge is -2.32. The third-order valence-corrected chi connectivity index (χ3v) is 9.07. The Morgan fingerprint density at radius 2 is 0.909 bits per heavy atom. The van der Waals surface area contributed by atoms with Gasteiger partial charge in [-0.3, -0.25) is 9.59 Å². The van der Waals surface area contributed by atoms with Gasteiger partial charge < -0.3 is 29.2 Å². The molecule has 2 N–H and O–H groups in total. The summed E-state index contributed by atoms with van der Waals surface area (Å²) in [4.78, 5) is 26.6. The number of ketones is 2. The van der Waals surface area contributed by atoms with Crippen LogP contribution in [-0.2, 0) is 12.8 Å². The molecule has 0 saturated heterocycles. The molecule has 0 saturated carbocycles. The number of hydrogen-bond donors (Lipinski definition) is 2. The quantitative estimate of drug-likeness (QED) is 0.244. The van der Waals surface area contributed by atoms with Gasteiger partial charge in [-0.15, -0.1) is 0 Å². The van der Waals surface area contributed by atoms with Crippen LogP contribution in [0.15, 0.2) is 24.3 Å². The molecule has 0 heterocycles. The molecule has 0 amide bonds. The molecule has 0 radical (unpaired) electrons. The van der Waals surface area contributed by atoms with Crippen LogP contribution in [0.5, 0.6) is 34.5 Å². The second-order valence-corrected chi connectivity index (χ2v) is 13.6. The summed E-state index contributed by atoms with van der Waals surface area (Å²) in [5.41, 5.74) is 2.49. The van der Waals surface area contributed by atoms with Gasteiger partial charge in [0.25, 0.3) is 0 Å². The average Bonchev–Trinajstić information content (AvgIpc) is 2.93. The first-order valence-corrected chi connectivity index (χ1v) is 14.7. The summed E-state index contributed by atoms with van der Waals surface area (Å²) >= 11 is 0. The van der Waals surface area contributed by atoms with Gasteiger partial charge in [-0.1, -0.05) is 27.7 Å². The van der Waals surface area contributed by atoms with E-state index >= 15 is 0 Å². The van der Waals surface area contributed by atoms with Gasteiger partial charge in [-0.05, 0) is 69.8 Å². The fraction of sp³-hybridized carbons (Fsp3) is 0.389. The molecule has 44 heavy (non-hydrogen) atoms. The van der Waals surface area contributed by atoms with E-state index in [1.54, 1.807) is 12.1 Å². The van der Waals surface area contributed by atoms with Crippen molar-refractivity contribution in [2.24, 2.45) is 10.8 Å². The van der Waals surface area contributed by atoms with E-state index < -0.39 is 0 Å². The van der Waals surface area contributed by atoms with E-state index in [4.69, 9.17) is 18.9 Å². The Bertz CT molecular complexity index is 1780. The molecule has 230 valence electrons. The van der Waals surface area contributed by atoms with E-state index in [2.05, 4.69) is 0 Å². The van der Waals surface area contributed by atoms with Crippen molar-refractivity contribution in [1.29, 1.82) is 0 Å². The molecule has 2 aliphatic carbocycles. The highest BCUT2D eigenvalue weighted by atomic mass is 16.5. The Hall–Kier alpha value is -4.46. The van der Waals surface area contributed by atoms with E-state index in [1.807, 2.05) is 39.8 Å². The number of aromatic hydroxyl groups is 2. The highest BCUT2D eigenvalue weighted by molar-refractivity contribution is 6.14. The van der Waals surface area contributed by atoms with Crippen molar-refractivity contribution >= 4 is 33.1 Å². The lowest BCUT2D eigenvalue weighted by molar-refractivity contribution is 0.0899. The molecule has 6 rings (SSSR count). The number of rotatable bonds is 5. The van der Waals surface area contributed by atoms with Crippen LogP contribution < -0.4 is 18.9 Å². The van der Waals surface area contributed by atoms with Crippen LogP contribution in [0, 0.1) is 10.8 Å². The minimum atomic E-state index is -0.234. The molecule has 0 unspecified atom stereocenters. The smallest absolute Gasteiger partial charge is 0.167 e. The second-order valence-electron chi connectivity index (χ2n) is 13.6. The fourth-order valence-corrected chi connectivity index (χ4v) is 7.40. The lowest BCUT2D eigenvalue weighted by atomic mass is 9.72. The van der Waals surface area contributed by atoms with Gasteiger partial charge in [-0.25, -0.2) is 0 Å². The van der Waals surface area contributed by atoms with E-state index in [9.17, 15) is 19.8 Å². The Morgan fingerprint density at radius 1 is 0.545 bits per heavy atom. The molecule has 0 atom stereocenters. The van der Waals surface area contributed by atoms with Crippen molar-refractivity contribution in [3.63, 3.8) is 0 Å². The number of benzene rings is 4. The van der Waals surface area contributed by atoms with Crippen molar-refractivity contribution < 1.29 is 38.7 Å². The average molecular weight is 599 g/mol. The third-order valence-electron chi connectivity index (χ3n) is 9.07. The first kappa shape index (κ1) is 29.6. The minimum absolute atomic E-state index is 0.126. The van der Waals surface area contributed by atoms with E-state index in [0.29, 0.717) is 81.0 Å². The second kappa shape index (κ2) is 10.0. The van der Waals surface area contributed by atoms with Crippen LogP contribution in [0.25, 0.3) is 32.7 Å². The summed E-state index contributed by atoms with van der Waals surface area (Å²) in [6.45, 7) is 8.16. The summed E-state index contributed by atoms with van der Waals surface area (Å²) < 4.78 is 23.8. The molecule has 0 bridgehead atoms. The van der Waals surface area contributed by atoms with Crippen molar-refractivity contribution in [2.45, 2.75) is 53.4 Å². The molecule has 2 aliphatic rings. The predicted molar refractivity (Wildman–Crippen MR) is 169 cm³/mol. The number of Topliss-reactive ketones (excluding diaryl/α,β-unsaturated/α-hetero) is 2. The molecule has 0 aliphatic heterocycles. The van der Waals surface area contributed by atoms with Crippen molar-refractivity contribution in [3.8, 4) is 45.6 Å². The Morgan fingerprint density at radius 3 is 1.23 bits per heavy atom. The van der Waals surface area contributed by atoms with Crippen molar-refractivity contribution in [2.75, 3.05) is 28.4 Å². The summed E-state index contributed by atoms with van der Waals surface area (Å²) in [6.07, 6.45) is 1.90. The number of methoxy groups -OCH3 is 4. The predicted octanol–water partition coefficient (Wildman–Crippen LogP) is 7.42.